The fraction of sp³-hybridized carbons (Fsp3) is 0.583. The molecule has 0 amide bonds. The van der Waals surface area contributed by atoms with Gasteiger partial charge < -0.3 is 5.11 Å². The first-order valence-electron chi connectivity index (χ1n) is 5.23. The molecule has 1 rings (SSSR count). The summed E-state index contributed by atoms with van der Waals surface area (Å²) in [5.41, 5.74) is 1.58. The Bertz CT molecular complexity index is 277. The summed E-state index contributed by atoms with van der Waals surface area (Å²) in [7, 11) is 0. The SMILES string of the molecule is CCc1ccc(C[C@](C)(O)CC)nc1. The molecule has 0 bridgehead atoms. The molecular formula is C12H19NO. The maximum atomic E-state index is 9.86. The number of aryl methyl sites for hydroxylation is 1. The van der Waals surface area contributed by atoms with E-state index in [1.165, 1.54) is 5.56 Å². The number of pyridine rings is 1. The second-order valence-electron chi connectivity index (χ2n) is 4.04. The molecule has 2 heteroatoms. The maximum Gasteiger partial charge on any atom is 0.0672 e. The van der Waals surface area contributed by atoms with Gasteiger partial charge in [-0.25, -0.2) is 0 Å². The highest BCUT2D eigenvalue weighted by molar-refractivity contribution is 5.15. The van der Waals surface area contributed by atoms with Crippen molar-refractivity contribution in [3.8, 4) is 0 Å². The van der Waals surface area contributed by atoms with Gasteiger partial charge in [0.15, 0.2) is 0 Å². The van der Waals surface area contributed by atoms with Crippen molar-refractivity contribution in [3.63, 3.8) is 0 Å². The minimum absolute atomic E-state index is 0.624. The number of aliphatic hydroxyl groups is 1. The number of hydrogen-bond donors (Lipinski definition) is 1. The number of hydrogen-bond acceptors (Lipinski definition) is 2. The van der Waals surface area contributed by atoms with Crippen LogP contribution in [0.15, 0.2) is 18.3 Å². The number of aromatic nitrogens is 1. The first-order chi connectivity index (χ1) is 6.57. The summed E-state index contributed by atoms with van der Waals surface area (Å²) < 4.78 is 0. The van der Waals surface area contributed by atoms with Gasteiger partial charge in [0.05, 0.1) is 5.60 Å². The highest BCUT2D eigenvalue weighted by atomic mass is 16.3. The lowest BCUT2D eigenvalue weighted by Crippen LogP contribution is -2.26. The molecular weight excluding hydrogens is 174 g/mol. The Balaban J connectivity index is 2.69. The fourth-order valence-corrected chi connectivity index (χ4v) is 1.28. The standard InChI is InChI=1S/C12H19NO/c1-4-10-6-7-11(13-9-10)8-12(3,14)5-2/h6-7,9,14H,4-5,8H2,1-3H3/t12-/m1/s1. The molecule has 0 saturated heterocycles. The van der Waals surface area contributed by atoms with Gasteiger partial charge in [0.1, 0.15) is 0 Å². The quantitative estimate of drug-likeness (QED) is 0.796. The molecule has 1 aromatic heterocycles. The zero-order valence-electron chi connectivity index (χ0n) is 9.25. The van der Waals surface area contributed by atoms with Crippen molar-refractivity contribution in [3.05, 3.63) is 29.6 Å². The van der Waals surface area contributed by atoms with Gasteiger partial charge in [-0.2, -0.15) is 0 Å². The van der Waals surface area contributed by atoms with Crippen LogP contribution in [0.5, 0.6) is 0 Å². The van der Waals surface area contributed by atoms with Crippen LogP contribution in [0.2, 0.25) is 0 Å². The van der Waals surface area contributed by atoms with Crippen LogP contribution in [-0.2, 0) is 12.8 Å². The molecule has 0 aliphatic heterocycles. The molecule has 0 unspecified atom stereocenters. The van der Waals surface area contributed by atoms with Gasteiger partial charge >= 0.3 is 0 Å². The molecule has 1 N–H and O–H groups in total. The van der Waals surface area contributed by atoms with Crippen molar-refractivity contribution < 1.29 is 5.11 Å². The highest BCUT2D eigenvalue weighted by Gasteiger charge is 2.18. The highest BCUT2D eigenvalue weighted by Crippen LogP contribution is 2.15. The lowest BCUT2D eigenvalue weighted by Gasteiger charge is -2.20. The molecule has 0 fully saturated rings. The van der Waals surface area contributed by atoms with Crippen molar-refractivity contribution in [2.24, 2.45) is 0 Å². The maximum absolute atomic E-state index is 9.86. The van der Waals surface area contributed by atoms with Crippen LogP contribution in [0.25, 0.3) is 0 Å². The topological polar surface area (TPSA) is 33.1 Å². The van der Waals surface area contributed by atoms with Crippen LogP contribution < -0.4 is 0 Å². The average molecular weight is 193 g/mol. The van der Waals surface area contributed by atoms with Crippen LogP contribution in [-0.4, -0.2) is 15.7 Å². The fourth-order valence-electron chi connectivity index (χ4n) is 1.28. The molecule has 14 heavy (non-hydrogen) atoms. The van der Waals surface area contributed by atoms with Gasteiger partial charge in [-0.1, -0.05) is 19.9 Å². The van der Waals surface area contributed by atoms with Gasteiger partial charge in [0.25, 0.3) is 0 Å². The van der Waals surface area contributed by atoms with Crippen molar-refractivity contribution in [1.29, 1.82) is 0 Å². The van der Waals surface area contributed by atoms with Crippen molar-refractivity contribution in [2.75, 3.05) is 0 Å². The van der Waals surface area contributed by atoms with E-state index < -0.39 is 5.60 Å². The minimum Gasteiger partial charge on any atom is -0.390 e. The molecule has 1 heterocycles. The van der Waals surface area contributed by atoms with Crippen LogP contribution in [0.4, 0.5) is 0 Å². The first-order valence-corrected chi connectivity index (χ1v) is 5.23. The molecule has 0 aliphatic carbocycles. The van der Waals surface area contributed by atoms with Crippen LogP contribution in [0.3, 0.4) is 0 Å². The van der Waals surface area contributed by atoms with Gasteiger partial charge in [0, 0.05) is 18.3 Å². The van der Waals surface area contributed by atoms with Gasteiger partial charge in [-0.3, -0.25) is 4.98 Å². The molecule has 78 valence electrons. The third-order valence-corrected chi connectivity index (χ3v) is 2.62. The van der Waals surface area contributed by atoms with E-state index in [0.29, 0.717) is 6.42 Å². The summed E-state index contributed by atoms with van der Waals surface area (Å²) in [6.07, 6.45) is 4.29. The molecule has 0 radical (unpaired) electrons. The summed E-state index contributed by atoms with van der Waals surface area (Å²) in [5.74, 6) is 0. The second kappa shape index (κ2) is 4.56. The monoisotopic (exact) mass is 193 g/mol. The lowest BCUT2D eigenvalue weighted by molar-refractivity contribution is 0.0555. The van der Waals surface area contributed by atoms with Crippen LogP contribution >= 0.6 is 0 Å². The first kappa shape index (κ1) is 11.2. The van der Waals surface area contributed by atoms with E-state index in [-0.39, 0.29) is 0 Å². The molecule has 0 aliphatic rings. The Morgan fingerprint density at radius 3 is 2.50 bits per heavy atom. The second-order valence-corrected chi connectivity index (χ2v) is 4.04. The average Bonchev–Trinajstić information content (AvgIpc) is 2.19. The normalized spacial score (nSPS) is 15.1. The molecule has 1 atom stereocenters. The third-order valence-electron chi connectivity index (χ3n) is 2.62. The van der Waals surface area contributed by atoms with E-state index in [1.807, 2.05) is 26.1 Å². The summed E-state index contributed by atoms with van der Waals surface area (Å²) in [6.45, 7) is 5.95. The van der Waals surface area contributed by atoms with E-state index >= 15 is 0 Å². The molecule has 0 spiro atoms. The summed E-state index contributed by atoms with van der Waals surface area (Å²) in [4.78, 5) is 4.32. The minimum atomic E-state index is -0.624. The summed E-state index contributed by atoms with van der Waals surface area (Å²) in [5, 5.41) is 9.86. The van der Waals surface area contributed by atoms with Crippen molar-refractivity contribution >= 4 is 0 Å². The molecule has 1 aromatic rings. The van der Waals surface area contributed by atoms with E-state index in [9.17, 15) is 5.11 Å². The number of nitrogens with zero attached hydrogens (tertiary/aromatic N) is 1. The van der Waals surface area contributed by atoms with Crippen LogP contribution in [0.1, 0.15) is 38.4 Å². The Morgan fingerprint density at radius 2 is 2.07 bits per heavy atom. The van der Waals surface area contributed by atoms with Gasteiger partial charge in [-0.15, -0.1) is 0 Å². The Morgan fingerprint density at radius 1 is 1.36 bits per heavy atom. The summed E-state index contributed by atoms with van der Waals surface area (Å²) >= 11 is 0. The third kappa shape index (κ3) is 3.11. The Hall–Kier alpha value is -0.890. The van der Waals surface area contributed by atoms with Crippen molar-refractivity contribution in [1.82, 2.24) is 4.98 Å². The van der Waals surface area contributed by atoms with Crippen molar-refractivity contribution in [2.45, 2.75) is 45.6 Å². The predicted octanol–water partition coefficient (Wildman–Crippen LogP) is 2.35. The smallest absolute Gasteiger partial charge is 0.0672 e. The predicted molar refractivity (Wildman–Crippen MR) is 58.2 cm³/mol. The number of rotatable bonds is 4. The molecule has 0 aromatic carbocycles. The lowest BCUT2D eigenvalue weighted by atomic mass is 9.97. The van der Waals surface area contributed by atoms with E-state index in [4.69, 9.17) is 0 Å². The van der Waals surface area contributed by atoms with E-state index in [1.54, 1.807) is 0 Å². The van der Waals surface area contributed by atoms with Crippen LogP contribution in [0, 0.1) is 0 Å². The van der Waals surface area contributed by atoms with E-state index in [2.05, 4.69) is 18.0 Å². The van der Waals surface area contributed by atoms with Gasteiger partial charge in [-0.05, 0) is 31.4 Å². The Labute approximate surface area is 86.0 Å². The zero-order valence-corrected chi connectivity index (χ0v) is 9.25. The zero-order chi connectivity index (χ0) is 10.6. The molecule has 0 saturated carbocycles. The summed E-state index contributed by atoms with van der Waals surface area (Å²) in [6, 6.07) is 4.08. The van der Waals surface area contributed by atoms with Gasteiger partial charge in [0.2, 0.25) is 0 Å². The Kier molecular flexibility index (Phi) is 3.64. The largest absolute Gasteiger partial charge is 0.390 e. The van der Waals surface area contributed by atoms with E-state index in [0.717, 1.165) is 18.5 Å². The molecule has 2 nitrogen and oxygen atoms in total.